The minimum absolute atomic E-state index is 0.288. The Morgan fingerprint density at radius 1 is 1.06 bits per heavy atom. The minimum atomic E-state index is -1.03. The quantitative estimate of drug-likeness (QED) is 0.474. The zero-order chi connectivity index (χ0) is 24.3. The number of ether oxygens (including phenoxy) is 1. The molecule has 0 aromatic heterocycles. The number of benzene rings is 3. The maximum atomic E-state index is 13.3. The van der Waals surface area contributed by atoms with Crippen molar-refractivity contribution in [3.05, 3.63) is 99.6 Å². The second-order valence-corrected chi connectivity index (χ2v) is 9.65. The van der Waals surface area contributed by atoms with Gasteiger partial charge in [-0.2, -0.15) is 0 Å². The first-order chi connectivity index (χ1) is 16.2. The standard InChI is InChI=1S/C28H28ClNO4/c1-19-4-3-5-20(14-19)12-13-30(18-26(31)32)27(33)22-8-11-25-23(15-22)17-28(2,34-25)16-21-6-9-24(29)10-7-21/h3-11,14-15H,12-13,16-18H2,1-2H3,(H,31,32)/t28-/m1/s1. The number of hydrogen-bond donors (Lipinski definition) is 1. The van der Waals surface area contributed by atoms with E-state index in [1.165, 1.54) is 4.90 Å². The summed E-state index contributed by atoms with van der Waals surface area (Å²) in [4.78, 5) is 26.1. The molecule has 0 saturated heterocycles. The third-order valence-electron chi connectivity index (χ3n) is 6.09. The van der Waals surface area contributed by atoms with Crippen LogP contribution in [0, 0.1) is 6.92 Å². The van der Waals surface area contributed by atoms with Crippen molar-refractivity contribution >= 4 is 23.5 Å². The second kappa shape index (κ2) is 9.90. The predicted octanol–water partition coefficient (Wildman–Crippen LogP) is 5.35. The number of carbonyl (C=O) groups is 2. The number of fused-ring (bicyclic) bond motifs is 1. The molecule has 1 aliphatic heterocycles. The molecule has 6 heteroatoms. The summed E-state index contributed by atoms with van der Waals surface area (Å²) < 4.78 is 6.25. The largest absolute Gasteiger partial charge is 0.487 e. The lowest BCUT2D eigenvalue weighted by Crippen LogP contribution is -2.37. The molecule has 3 aromatic carbocycles. The molecule has 1 N–H and O–H groups in total. The van der Waals surface area contributed by atoms with Crippen LogP contribution in [0.4, 0.5) is 0 Å². The number of nitrogens with zero attached hydrogens (tertiary/aromatic N) is 1. The SMILES string of the molecule is Cc1cccc(CCN(CC(=O)O)C(=O)c2ccc3c(c2)C[C@@](C)(Cc2ccc(Cl)cc2)O3)c1. The number of carboxylic acid groups (broad SMARTS) is 1. The summed E-state index contributed by atoms with van der Waals surface area (Å²) in [6.07, 6.45) is 1.96. The Labute approximate surface area is 204 Å². The van der Waals surface area contributed by atoms with Crippen LogP contribution < -0.4 is 4.74 Å². The van der Waals surface area contributed by atoms with Crippen molar-refractivity contribution in [2.45, 2.75) is 38.7 Å². The van der Waals surface area contributed by atoms with Crippen molar-refractivity contribution < 1.29 is 19.4 Å². The van der Waals surface area contributed by atoms with Gasteiger partial charge in [0.15, 0.2) is 0 Å². The van der Waals surface area contributed by atoms with Crippen molar-refractivity contribution in [3.8, 4) is 5.75 Å². The first kappa shape index (κ1) is 23.8. The second-order valence-electron chi connectivity index (χ2n) is 9.21. The van der Waals surface area contributed by atoms with Gasteiger partial charge in [0, 0.05) is 30.0 Å². The van der Waals surface area contributed by atoms with Crippen molar-refractivity contribution in [1.82, 2.24) is 4.90 Å². The Balaban J connectivity index is 1.48. The van der Waals surface area contributed by atoms with Crippen molar-refractivity contribution in [2.75, 3.05) is 13.1 Å². The number of rotatable bonds is 8. The van der Waals surface area contributed by atoms with Gasteiger partial charge in [0.2, 0.25) is 0 Å². The maximum absolute atomic E-state index is 13.3. The van der Waals surface area contributed by atoms with Crippen LogP contribution in [0.5, 0.6) is 5.75 Å². The van der Waals surface area contributed by atoms with Gasteiger partial charge in [0.25, 0.3) is 5.91 Å². The molecule has 4 rings (SSSR count). The number of hydrogen-bond acceptors (Lipinski definition) is 3. The molecular formula is C28H28ClNO4. The zero-order valence-electron chi connectivity index (χ0n) is 19.4. The van der Waals surface area contributed by atoms with Crippen LogP contribution in [-0.4, -0.2) is 40.6 Å². The molecule has 5 nitrogen and oxygen atoms in total. The Morgan fingerprint density at radius 2 is 1.82 bits per heavy atom. The highest BCUT2D eigenvalue weighted by Gasteiger charge is 2.35. The zero-order valence-corrected chi connectivity index (χ0v) is 20.1. The van der Waals surface area contributed by atoms with Crippen LogP contribution in [0.1, 0.15) is 39.5 Å². The lowest BCUT2D eigenvalue weighted by molar-refractivity contribution is -0.137. The van der Waals surface area contributed by atoms with Crippen LogP contribution in [0.25, 0.3) is 0 Å². The van der Waals surface area contributed by atoms with Gasteiger partial charge in [-0.3, -0.25) is 9.59 Å². The fourth-order valence-electron chi connectivity index (χ4n) is 4.52. The van der Waals surface area contributed by atoms with E-state index in [0.29, 0.717) is 36.4 Å². The summed E-state index contributed by atoms with van der Waals surface area (Å²) in [6, 6.07) is 21.1. The summed E-state index contributed by atoms with van der Waals surface area (Å²) in [5, 5.41) is 10.1. The average Bonchev–Trinajstić information content (AvgIpc) is 3.12. The molecule has 3 aromatic rings. The van der Waals surface area contributed by atoms with E-state index in [1.54, 1.807) is 6.07 Å². The van der Waals surface area contributed by atoms with Crippen LogP contribution in [0.2, 0.25) is 5.02 Å². The van der Waals surface area contributed by atoms with Crippen LogP contribution in [-0.2, 0) is 24.1 Å². The van der Waals surface area contributed by atoms with Crippen molar-refractivity contribution in [3.63, 3.8) is 0 Å². The van der Waals surface area contributed by atoms with Gasteiger partial charge in [0.1, 0.15) is 17.9 Å². The summed E-state index contributed by atoms with van der Waals surface area (Å²) in [5.74, 6) is -0.556. The van der Waals surface area contributed by atoms with E-state index in [1.807, 2.05) is 61.5 Å². The molecule has 176 valence electrons. The van der Waals surface area contributed by atoms with Gasteiger partial charge in [-0.05, 0) is 67.3 Å². The normalized spacial score (nSPS) is 16.6. The summed E-state index contributed by atoms with van der Waals surface area (Å²) in [7, 11) is 0. The minimum Gasteiger partial charge on any atom is -0.487 e. The number of amides is 1. The highest BCUT2D eigenvalue weighted by atomic mass is 35.5. The third kappa shape index (κ3) is 5.78. The molecule has 34 heavy (non-hydrogen) atoms. The predicted molar refractivity (Wildman–Crippen MR) is 133 cm³/mol. The molecule has 1 aliphatic rings. The van der Waals surface area contributed by atoms with E-state index in [2.05, 4.69) is 13.0 Å². The summed E-state index contributed by atoms with van der Waals surface area (Å²) in [6.45, 7) is 4.06. The Hall–Kier alpha value is -3.31. The fourth-order valence-corrected chi connectivity index (χ4v) is 4.64. The Kier molecular flexibility index (Phi) is 6.94. The molecule has 1 amide bonds. The fraction of sp³-hybridized carbons (Fsp3) is 0.286. The number of carbonyl (C=O) groups excluding carboxylic acids is 1. The lowest BCUT2D eigenvalue weighted by atomic mass is 9.91. The molecule has 1 atom stereocenters. The van der Waals surface area contributed by atoms with E-state index in [4.69, 9.17) is 16.3 Å². The monoisotopic (exact) mass is 477 g/mol. The number of aryl methyl sites for hydroxylation is 1. The van der Waals surface area contributed by atoms with Gasteiger partial charge in [-0.15, -0.1) is 0 Å². The Bertz CT molecular complexity index is 1210. The van der Waals surface area contributed by atoms with E-state index in [0.717, 1.165) is 28.0 Å². The molecule has 0 unspecified atom stereocenters. The molecule has 0 aliphatic carbocycles. The van der Waals surface area contributed by atoms with Gasteiger partial charge in [-0.25, -0.2) is 0 Å². The van der Waals surface area contributed by atoms with E-state index in [-0.39, 0.29) is 12.5 Å². The maximum Gasteiger partial charge on any atom is 0.323 e. The summed E-state index contributed by atoms with van der Waals surface area (Å²) in [5.41, 5.74) is 4.33. The highest BCUT2D eigenvalue weighted by Crippen LogP contribution is 2.37. The van der Waals surface area contributed by atoms with Crippen LogP contribution in [0.3, 0.4) is 0 Å². The molecule has 0 fully saturated rings. The number of halogens is 1. The smallest absolute Gasteiger partial charge is 0.323 e. The molecule has 1 heterocycles. The first-order valence-corrected chi connectivity index (χ1v) is 11.7. The molecule has 0 saturated carbocycles. The van der Waals surface area contributed by atoms with Gasteiger partial charge >= 0.3 is 5.97 Å². The lowest BCUT2D eigenvalue weighted by Gasteiger charge is -2.24. The molecular weight excluding hydrogens is 450 g/mol. The van der Waals surface area contributed by atoms with Gasteiger partial charge in [-0.1, -0.05) is 53.6 Å². The van der Waals surface area contributed by atoms with Gasteiger partial charge < -0.3 is 14.7 Å². The molecule has 0 radical (unpaired) electrons. The highest BCUT2D eigenvalue weighted by molar-refractivity contribution is 6.30. The van der Waals surface area contributed by atoms with Crippen LogP contribution >= 0.6 is 11.6 Å². The number of carboxylic acids is 1. The van der Waals surface area contributed by atoms with Crippen molar-refractivity contribution in [2.24, 2.45) is 0 Å². The Morgan fingerprint density at radius 3 is 2.53 bits per heavy atom. The number of aliphatic carboxylic acids is 1. The topological polar surface area (TPSA) is 66.8 Å². The van der Waals surface area contributed by atoms with E-state index >= 15 is 0 Å². The van der Waals surface area contributed by atoms with Gasteiger partial charge in [0.05, 0.1) is 0 Å². The van der Waals surface area contributed by atoms with E-state index < -0.39 is 11.6 Å². The summed E-state index contributed by atoms with van der Waals surface area (Å²) >= 11 is 6.00. The molecule has 0 spiro atoms. The average molecular weight is 478 g/mol. The van der Waals surface area contributed by atoms with Crippen molar-refractivity contribution in [1.29, 1.82) is 0 Å². The van der Waals surface area contributed by atoms with Crippen LogP contribution in [0.15, 0.2) is 66.7 Å². The van der Waals surface area contributed by atoms with E-state index in [9.17, 15) is 14.7 Å². The third-order valence-corrected chi connectivity index (χ3v) is 6.34. The first-order valence-electron chi connectivity index (χ1n) is 11.3. The molecule has 0 bridgehead atoms.